The molecule has 1 atom stereocenters. The molecule has 1 aromatic rings. The van der Waals surface area contributed by atoms with Gasteiger partial charge in [0.05, 0.1) is 13.2 Å². The van der Waals surface area contributed by atoms with Crippen molar-refractivity contribution in [2.24, 2.45) is 5.92 Å². The third kappa shape index (κ3) is 3.87. The van der Waals surface area contributed by atoms with Crippen molar-refractivity contribution in [1.82, 2.24) is 9.80 Å². The van der Waals surface area contributed by atoms with Gasteiger partial charge < -0.3 is 9.64 Å². The number of ether oxygens (including phenoxy) is 1. The van der Waals surface area contributed by atoms with Gasteiger partial charge in [-0.1, -0.05) is 19.1 Å². The minimum absolute atomic E-state index is 0.190. The van der Waals surface area contributed by atoms with Crippen molar-refractivity contribution in [1.29, 1.82) is 0 Å². The highest BCUT2D eigenvalue weighted by Crippen LogP contribution is 2.19. The number of carbonyl (C=O) groups is 1. The van der Waals surface area contributed by atoms with Crippen molar-refractivity contribution in [3.05, 3.63) is 35.4 Å². The van der Waals surface area contributed by atoms with Crippen LogP contribution in [-0.4, -0.2) is 55.1 Å². The van der Waals surface area contributed by atoms with Crippen LogP contribution < -0.4 is 0 Å². The van der Waals surface area contributed by atoms with Gasteiger partial charge in [-0.05, 0) is 36.5 Å². The molecule has 4 nitrogen and oxygen atoms in total. The number of hydrogen-bond donors (Lipinski definition) is 0. The third-order valence-corrected chi connectivity index (χ3v) is 4.63. The van der Waals surface area contributed by atoms with Gasteiger partial charge >= 0.3 is 0 Å². The monoisotopic (exact) mass is 302 g/mol. The van der Waals surface area contributed by atoms with E-state index >= 15 is 0 Å². The van der Waals surface area contributed by atoms with Gasteiger partial charge in [-0.25, -0.2) is 0 Å². The van der Waals surface area contributed by atoms with Crippen LogP contribution in [-0.2, 0) is 11.3 Å². The zero-order chi connectivity index (χ0) is 15.4. The molecule has 0 spiro atoms. The highest BCUT2D eigenvalue weighted by molar-refractivity contribution is 5.94. The molecule has 2 aliphatic heterocycles. The van der Waals surface area contributed by atoms with Crippen LogP contribution in [0, 0.1) is 5.92 Å². The Hall–Kier alpha value is -1.39. The maximum absolute atomic E-state index is 12.7. The van der Waals surface area contributed by atoms with Crippen LogP contribution in [0.5, 0.6) is 0 Å². The Kier molecular flexibility index (Phi) is 5.11. The van der Waals surface area contributed by atoms with Crippen molar-refractivity contribution in [2.75, 3.05) is 39.4 Å². The summed E-state index contributed by atoms with van der Waals surface area (Å²) in [5.74, 6) is 0.810. The fraction of sp³-hybridized carbons (Fsp3) is 0.611. The molecule has 3 rings (SSSR count). The Morgan fingerprint density at radius 1 is 1.27 bits per heavy atom. The summed E-state index contributed by atoms with van der Waals surface area (Å²) in [4.78, 5) is 17.1. The first kappa shape index (κ1) is 15.5. The zero-order valence-electron chi connectivity index (χ0n) is 13.5. The predicted octanol–water partition coefficient (Wildman–Crippen LogP) is 2.39. The van der Waals surface area contributed by atoms with E-state index in [-0.39, 0.29) is 5.91 Å². The lowest BCUT2D eigenvalue weighted by Gasteiger charge is -2.31. The van der Waals surface area contributed by atoms with Crippen molar-refractivity contribution in [2.45, 2.75) is 26.3 Å². The van der Waals surface area contributed by atoms with E-state index in [1.165, 1.54) is 12.0 Å². The molecular formula is C18H26N2O2. The van der Waals surface area contributed by atoms with E-state index in [4.69, 9.17) is 4.74 Å². The number of nitrogens with zero attached hydrogens (tertiary/aromatic N) is 2. The number of amides is 1. The highest BCUT2D eigenvalue weighted by atomic mass is 16.5. The van der Waals surface area contributed by atoms with Crippen LogP contribution in [0.25, 0.3) is 0 Å². The normalized spacial score (nSPS) is 23.5. The summed E-state index contributed by atoms with van der Waals surface area (Å²) in [6, 6.07) is 8.14. The summed E-state index contributed by atoms with van der Waals surface area (Å²) in [6.07, 6.45) is 2.36. The number of piperidine rings is 1. The summed E-state index contributed by atoms with van der Waals surface area (Å²) in [5, 5.41) is 0. The second-order valence-corrected chi connectivity index (χ2v) is 6.59. The Balaban J connectivity index is 1.66. The molecule has 1 amide bonds. The van der Waals surface area contributed by atoms with Gasteiger partial charge in [0.1, 0.15) is 0 Å². The van der Waals surface area contributed by atoms with Crippen molar-refractivity contribution in [3.8, 4) is 0 Å². The van der Waals surface area contributed by atoms with Gasteiger partial charge in [-0.2, -0.15) is 0 Å². The predicted molar refractivity (Wildman–Crippen MR) is 86.8 cm³/mol. The number of rotatable bonds is 3. The number of likely N-dealkylation sites (tertiary alicyclic amines) is 1. The molecule has 0 aromatic heterocycles. The lowest BCUT2D eigenvalue weighted by molar-refractivity contribution is 0.0341. The second kappa shape index (κ2) is 7.25. The topological polar surface area (TPSA) is 32.8 Å². The van der Waals surface area contributed by atoms with Crippen LogP contribution in [0.2, 0.25) is 0 Å². The molecule has 0 radical (unpaired) electrons. The standard InChI is InChI=1S/C18H26N2O2/c1-15-4-3-7-20(13-15)18(21)17-6-2-5-16(12-17)14-19-8-10-22-11-9-19/h2,5-6,12,15H,3-4,7-11,13-14H2,1H3/t15-/m0/s1. The lowest BCUT2D eigenvalue weighted by atomic mass is 9.99. The molecule has 2 fully saturated rings. The largest absolute Gasteiger partial charge is 0.379 e. The average Bonchev–Trinajstić information content (AvgIpc) is 2.55. The molecule has 0 N–H and O–H groups in total. The van der Waals surface area contributed by atoms with Gasteiger partial charge in [0, 0.05) is 38.3 Å². The molecule has 1 aromatic carbocycles. The molecule has 120 valence electrons. The van der Waals surface area contributed by atoms with Crippen LogP contribution in [0.1, 0.15) is 35.7 Å². The molecular weight excluding hydrogens is 276 g/mol. The quantitative estimate of drug-likeness (QED) is 0.859. The average molecular weight is 302 g/mol. The lowest BCUT2D eigenvalue weighted by Crippen LogP contribution is -2.39. The Morgan fingerprint density at radius 3 is 2.86 bits per heavy atom. The zero-order valence-corrected chi connectivity index (χ0v) is 13.5. The Bertz CT molecular complexity index is 512. The van der Waals surface area contributed by atoms with E-state index in [0.717, 1.165) is 57.9 Å². The number of carbonyl (C=O) groups excluding carboxylic acids is 1. The van der Waals surface area contributed by atoms with Crippen LogP contribution in [0.15, 0.2) is 24.3 Å². The van der Waals surface area contributed by atoms with E-state index in [2.05, 4.69) is 24.0 Å². The Labute approximate surface area is 133 Å². The van der Waals surface area contributed by atoms with Crippen LogP contribution in [0.4, 0.5) is 0 Å². The molecule has 0 saturated carbocycles. The maximum Gasteiger partial charge on any atom is 0.253 e. The van der Waals surface area contributed by atoms with E-state index in [9.17, 15) is 4.79 Å². The first-order chi connectivity index (χ1) is 10.7. The van der Waals surface area contributed by atoms with E-state index in [0.29, 0.717) is 5.92 Å². The molecule has 2 saturated heterocycles. The fourth-order valence-corrected chi connectivity index (χ4v) is 3.38. The van der Waals surface area contributed by atoms with Crippen LogP contribution >= 0.6 is 0 Å². The Morgan fingerprint density at radius 2 is 2.09 bits per heavy atom. The summed E-state index contributed by atoms with van der Waals surface area (Å²) >= 11 is 0. The van der Waals surface area contributed by atoms with Crippen molar-refractivity contribution >= 4 is 5.91 Å². The smallest absolute Gasteiger partial charge is 0.253 e. The first-order valence-corrected chi connectivity index (χ1v) is 8.40. The minimum atomic E-state index is 0.190. The second-order valence-electron chi connectivity index (χ2n) is 6.59. The van der Waals surface area contributed by atoms with E-state index in [1.807, 2.05) is 17.0 Å². The number of benzene rings is 1. The van der Waals surface area contributed by atoms with Gasteiger partial charge in [0.2, 0.25) is 0 Å². The molecule has 0 unspecified atom stereocenters. The minimum Gasteiger partial charge on any atom is -0.379 e. The van der Waals surface area contributed by atoms with E-state index in [1.54, 1.807) is 0 Å². The summed E-state index contributed by atoms with van der Waals surface area (Å²) < 4.78 is 5.39. The van der Waals surface area contributed by atoms with Gasteiger partial charge in [0.25, 0.3) is 5.91 Å². The van der Waals surface area contributed by atoms with Crippen molar-refractivity contribution in [3.63, 3.8) is 0 Å². The molecule has 0 aliphatic carbocycles. The van der Waals surface area contributed by atoms with Gasteiger partial charge in [-0.3, -0.25) is 9.69 Å². The fourth-order valence-electron chi connectivity index (χ4n) is 3.38. The summed E-state index contributed by atoms with van der Waals surface area (Å²) in [6.45, 7) is 8.50. The SMILES string of the molecule is C[C@H]1CCCN(C(=O)c2cccc(CN3CCOCC3)c2)C1. The number of morpholine rings is 1. The molecule has 4 heteroatoms. The van der Waals surface area contributed by atoms with E-state index < -0.39 is 0 Å². The molecule has 2 heterocycles. The van der Waals surface area contributed by atoms with Gasteiger partial charge in [-0.15, -0.1) is 0 Å². The van der Waals surface area contributed by atoms with Gasteiger partial charge in [0.15, 0.2) is 0 Å². The highest BCUT2D eigenvalue weighted by Gasteiger charge is 2.22. The molecule has 2 aliphatic rings. The molecule has 22 heavy (non-hydrogen) atoms. The number of hydrogen-bond acceptors (Lipinski definition) is 3. The van der Waals surface area contributed by atoms with Crippen molar-refractivity contribution < 1.29 is 9.53 Å². The summed E-state index contributed by atoms with van der Waals surface area (Å²) in [7, 11) is 0. The van der Waals surface area contributed by atoms with Crippen LogP contribution in [0.3, 0.4) is 0 Å². The maximum atomic E-state index is 12.7. The third-order valence-electron chi connectivity index (χ3n) is 4.63. The summed E-state index contributed by atoms with van der Waals surface area (Å²) in [5.41, 5.74) is 2.05. The molecule has 0 bridgehead atoms. The first-order valence-electron chi connectivity index (χ1n) is 8.40.